The Balaban J connectivity index is 2.34. The van der Waals surface area contributed by atoms with E-state index in [9.17, 15) is 14.7 Å². The molecule has 0 aliphatic heterocycles. The summed E-state index contributed by atoms with van der Waals surface area (Å²) >= 11 is 0. The van der Waals surface area contributed by atoms with Crippen LogP contribution in [0.25, 0.3) is 0 Å². The molecule has 0 saturated carbocycles. The quantitative estimate of drug-likeness (QED) is 0.716. The van der Waals surface area contributed by atoms with Crippen LogP contribution in [0.2, 0.25) is 0 Å². The molecular weight excluding hydrogens is 256 g/mol. The molecule has 20 heavy (non-hydrogen) atoms. The van der Waals surface area contributed by atoms with Gasteiger partial charge in [0, 0.05) is 31.4 Å². The van der Waals surface area contributed by atoms with E-state index >= 15 is 0 Å². The first-order valence-corrected chi connectivity index (χ1v) is 7.19. The Morgan fingerprint density at radius 1 is 1.30 bits per heavy atom. The molecule has 0 unspecified atom stereocenters. The number of amides is 1. The minimum absolute atomic E-state index is 0.00187. The van der Waals surface area contributed by atoms with E-state index in [1.54, 1.807) is 11.6 Å². The van der Waals surface area contributed by atoms with E-state index in [4.69, 9.17) is 0 Å². The molecule has 5 nitrogen and oxygen atoms in total. The highest BCUT2D eigenvalue weighted by molar-refractivity contribution is 5.75. The first-order valence-electron chi connectivity index (χ1n) is 7.19. The van der Waals surface area contributed by atoms with Gasteiger partial charge < -0.3 is 15.0 Å². The highest BCUT2D eigenvalue weighted by Crippen LogP contribution is 2.06. The first-order chi connectivity index (χ1) is 9.54. The Hall–Kier alpha value is -1.78. The van der Waals surface area contributed by atoms with Crippen LogP contribution in [0.1, 0.15) is 51.1 Å². The first kappa shape index (κ1) is 16.3. The number of pyridine rings is 1. The van der Waals surface area contributed by atoms with Crippen molar-refractivity contribution in [2.75, 3.05) is 0 Å². The van der Waals surface area contributed by atoms with Gasteiger partial charge >= 0.3 is 0 Å². The Morgan fingerprint density at radius 3 is 2.70 bits per heavy atom. The van der Waals surface area contributed by atoms with E-state index < -0.39 is 5.43 Å². The number of aryl methyl sites for hydroxylation is 1. The topological polar surface area (TPSA) is 71.3 Å². The molecule has 1 aromatic heterocycles. The average Bonchev–Trinajstić information content (AvgIpc) is 2.41. The maximum absolute atomic E-state index is 11.7. The van der Waals surface area contributed by atoms with Crippen LogP contribution in [0, 0.1) is 0 Å². The molecule has 2 N–H and O–H groups in total. The average molecular weight is 280 g/mol. The number of hydrogen-bond acceptors (Lipinski definition) is 3. The Kier molecular flexibility index (Phi) is 6.84. The fourth-order valence-corrected chi connectivity index (χ4v) is 2.00. The van der Waals surface area contributed by atoms with Crippen LogP contribution in [0.5, 0.6) is 5.75 Å². The minimum Gasteiger partial charge on any atom is -0.503 e. The smallest absolute Gasteiger partial charge is 0.223 e. The van der Waals surface area contributed by atoms with E-state index in [0.717, 1.165) is 12.8 Å². The summed E-state index contributed by atoms with van der Waals surface area (Å²) in [6.45, 7) is 2.47. The summed E-state index contributed by atoms with van der Waals surface area (Å²) in [5.74, 6) is -0.277. The van der Waals surface area contributed by atoms with Gasteiger partial charge in [-0.15, -0.1) is 0 Å². The van der Waals surface area contributed by atoms with Gasteiger partial charge in [0.1, 0.15) is 0 Å². The lowest BCUT2D eigenvalue weighted by Gasteiger charge is -2.10. The normalized spacial score (nSPS) is 10.5. The number of aromatic hydroxyl groups is 1. The van der Waals surface area contributed by atoms with Crippen molar-refractivity contribution < 1.29 is 9.90 Å². The van der Waals surface area contributed by atoms with Crippen molar-refractivity contribution in [3.8, 4) is 5.75 Å². The van der Waals surface area contributed by atoms with Crippen LogP contribution in [0.4, 0.5) is 0 Å². The van der Waals surface area contributed by atoms with Crippen LogP contribution in [0.3, 0.4) is 0 Å². The van der Waals surface area contributed by atoms with Crippen molar-refractivity contribution in [2.24, 2.45) is 7.05 Å². The second-order valence-electron chi connectivity index (χ2n) is 5.07. The molecule has 0 bridgehead atoms. The molecule has 1 heterocycles. The van der Waals surface area contributed by atoms with Crippen molar-refractivity contribution in [3.63, 3.8) is 0 Å². The van der Waals surface area contributed by atoms with Crippen molar-refractivity contribution in [2.45, 2.75) is 52.0 Å². The van der Waals surface area contributed by atoms with E-state index in [1.165, 1.54) is 31.5 Å². The number of nitrogens with one attached hydrogen (secondary N) is 1. The SMILES string of the molecule is CCCCCCCC(=O)NCc1cc(=O)c(O)cn1C. The maximum atomic E-state index is 11.7. The molecule has 0 fully saturated rings. The van der Waals surface area contributed by atoms with Gasteiger partial charge in [-0.3, -0.25) is 9.59 Å². The third-order valence-electron chi connectivity index (χ3n) is 3.29. The van der Waals surface area contributed by atoms with Crippen LogP contribution in [0.15, 0.2) is 17.1 Å². The van der Waals surface area contributed by atoms with E-state index in [1.807, 2.05) is 0 Å². The number of rotatable bonds is 8. The fourth-order valence-electron chi connectivity index (χ4n) is 2.00. The van der Waals surface area contributed by atoms with Gasteiger partial charge in [0.25, 0.3) is 0 Å². The lowest BCUT2D eigenvalue weighted by molar-refractivity contribution is -0.121. The van der Waals surface area contributed by atoms with Crippen molar-refractivity contribution in [3.05, 3.63) is 28.2 Å². The largest absolute Gasteiger partial charge is 0.503 e. The number of carbonyl (C=O) groups excluding carboxylic acids is 1. The van der Waals surface area contributed by atoms with Gasteiger partial charge in [0.05, 0.1) is 6.54 Å². The molecule has 0 radical (unpaired) electrons. The summed E-state index contributed by atoms with van der Waals surface area (Å²) in [6, 6.07) is 1.34. The van der Waals surface area contributed by atoms with Gasteiger partial charge in [0.15, 0.2) is 5.75 Å². The van der Waals surface area contributed by atoms with Crippen LogP contribution >= 0.6 is 0 Å². The highest BCUT2D eigenvalue weighted by atomic mass is 16.3. The summed E-state index contributed by atoms with van der Waals surface area (Å²) < 4.78 is 1.64. The third kappa shape index (κ3) is 5.47. The van der Waals surface area contributed by atoms with Gasteiger partial charge in [-0.1, -0.05) is 32.6 Å². The van der Waals surface area contributed by atoms with Crippen molar-refractivity contribution >= 4 is 5.91 Å². The highest BCUT2D eigenvalue weighted by Gasteiger charge is 2.05. The number of unbranched alkanes of at least 4 members (excludes halogenated alkanes) is 4. The van der Waals surface area contributed by atoms with E-state index in [2.05, 4.69) is 12.2 Å². The van der Waals surface area contributed by atoms with Crippen molar-refractivity contribution in [1.29, 1.82) is 0 Å². The Morgan fingerprint density at radius 2 is 2.00 bits per heavy atom. The molecule has 112 valence electrons. The molecule has 0 spiro atoms. The maximum Gasteiger partial charge on any atom is 0.223 e. The molecule has 1 rings (SSSR count). The minimum atomic E-state index is -0.424. The Labute approximate surface area is 119 Å². The van der Waals surface area contributed by atoms with Crippen molar-refractivity contribution in [1.82, 2.24) is 9.88 Å². The third-order valence-corrected chi connectivity index (χ3v) is 3.29. The lowest BCUT2D eigenvalue weighted by atomic mass is 10.1. The van der Waals surface area contributed by atoms with Gasteiger partial charge in [-0.25, -0.2) is 0 Å². The van der Waals surface area contributed by atoms with Gasteiger partial charge in [-0.05, 0) is 6.42 Å². The molecule has 1 aromatic rings. The molecular formula is C15H24N2O3. The zero-order chi connectivity index (χ0) is 15.0. The van der Waals surface area contributed by atoms with E-state index in [0.29, 0.717) is 18.7 Å². The van der Waals surface area contributed by atoms with Crippen LogP contribution in [-0.2, 0) is 18.4 Å². The number of nitrogens with zero attached hydrogens (tertiary/aromatic N) is 1. The van der Waals surface area contributed by atoms with Crippen LogP contribution < -0.4 is 10.7 Å². The molecule has 1 amide bonds. The van der Waals surface area contributed by atoms with E-state index in [-0.39, 0.29) is 11.7 Å². The zero-order valence-corrected chi connectivity index (χ0v) is 12.3. The predicted octanol–water partition coefficient (Wildman–Crippen LogP) is 2.07. The number of aromatic nitrogens is 1. The number of carbonyl (C=O) groups is 1. The second-order valence-corrected chi connectivity index (χ2v) is 5.07. The summed E-state index contributed by atoms with van der Waals surface area (Å²) in [7, 11) is 1.73. The molecule has 5 heteroatoms. The molecule has 0 aromatic carbocycles. The summed E-state index contributed by atoms with van der Waals surface area (Å²) in [4.78, 5) is 23.0. The standard InChI is InChI=1S/C15H24N2O3/c1-3-4-5-6-7-8-15(20)16-10-12-9-13(18)14(19)11-17(12)2/h9,11,19H,3-8,10H2,1-2H3,(H,16,20). The monoisotopic (exact) mass is 280 g/mol. The van der Waals surface area contributed by atoms with Gasteiger partial charge in [-0.2, -0.15) is 0 Å². The molecule has 0 atom stereocenters. The summed E-state index contributed by atoms with van der Waals surface area (Å²) in [6.07, 6.45) is 7.46. The summed E-state index contributed by atoms with van der Waals surface area (Å²) in [5, 5.41) is 12.1. The molecule has 0 aliphatic carbocycles. The number of hydrogen-bond donors (Lipinski definition) is 2. The van der Waals surface area contributed by atoms with Crippen LogP contribution in [-0.4, -0.2) is 15.6 Å². The lowest BCUT2D eigenvalue weighted by Crippen LogP contribution is -2.25. The molecule has 0 saturated heterocycles. The van der Waals surface area contributed by atoms with Gasteiger partial charge in [0.2, 0.25) is 11.3 Å². The Bertz CT molecular complexity index is 494. The second kappa shape index (κ2) is 8.40. The fraction of sp³-hybridized carbons (Fsp3) is 0.600. The molecule has 0 aliphatic rings. The predicted molar refractivity (Wildman–Crippen MR) is 78.6 cm³/mol. The summed E-state index contributed by atoms with van der Waals surface area (Å²) in [5.41, 5.74) is 0.249. The zero-order valence-electron chi connectivity index (χ0n) is 12.3.